The lowest BCUT2D eigenvalue weighted by Crippen LogP contribution is -2.19. The van der Waals surface area contributed by atoms with E-state index >= 15 is 0 Å². The summed E-state index contributed by atoms with van der Waals surface area (Å²) in [7, 11) is 0. The number of nitrogens with one attached hydrogen (secondary N) is 1. The highest BCUT2D eigenvalue weighted by Crippen LogP contribution is 2.23. The van der Waals surface area contributed by atoms with Gasteiger partial charge >= 0.3 is 0 Å². The van der Waals surface area contributed by atoms with Gasteiger partial charge in [-0.2, -0.15) is 5.10 Å². The third-order valence-electron chi connectivity index (χ3n) is 5.03. The molecule has 5 heteroatoms. The Hall–Kier alpha value is -3.99. The third-order valence-corrected chi connectivity index (χ3v) is 5.03. The number of nitrogens with zero attached hydrogens (tertiary/aromatic N) is 3. The molecule has 0 amide bonds. The molecular weight excluding hydrogens is 360 g/mol. The summed E-state index contributed by atoms with van der Waals surface area (Å²) in [5.41, 5.74) is 6.19. The van der Waals surface area contributed by atoms with Crippen LogP contribution in [0.4, 0.5) is 0 Å². The normalized spacial score (nSPS) is 11.0. The Kier molecular flexibility index (Phi) is 4.26. The maximum Gasteiger partial charge on any atom is 0.250 e. The van der Waals surface area contributed by atoms with Crippen LogP contribution in [0.5, 0.6) is 0 Å². The molecule has 5 aromatic rings. The minimum atomic E-state index is -0.0249. The van der Waals surface area contributed by atoms with Gasteiger partial charge in [-0.15, -0.1) is 0 Å². The molecule has 0 spiro atoms. The predicted molar refractivity (Wildman–Crippen MR) is 115 cm³/mol. The van der Waals surface area contributed by atoms with E-state index in [-0.39, 0.29) is 5.56 Å². The number of rotatable bonds is 4. The number of aromatic nitrogens is 4. The van der Waals surface area contributed by atoms with Crippen molar-refractivity contribution in [3.8, 4) is 22.3 Å². The standard InChI is InChI=1S/C24H18N4O/c29-24-9-8-22(19-6-7-21-14-26-27-23(21)12-19)16-28(24)15-17-3-1-4-18(11-17)20-5-2-10-25-13-20/h1-14,16H,15H2,(H,26,27). The van der Waals surface area contributed by atoms with E-state index in [1.165, 1.54) is 0 Å². The maximum absolute atomic E-state index is 12.5. The molecule has 0 atom stereocenters. The Bertz CT molecular complexity index is 1350. The number of hydrogen-bond acceptors (Lipinski definition) is 3. The first-order valence-corrected chi connectivity index (χ1v) is 9.40. The molecule has 0 aliphatic heterocycles. The van der Waals surface area contributed by atoms with Gasteiger partial charge in [-0.1, -0.05) is 36.4 Å². The maximum atomic E-state index is 12.5. The average molecular weight is 378 g/mol. The summed E-state index contributed by atoms with van der Waals surface area (Å²) in [6.07, 6.45) is 7.32. The Balaban J connectivity index is 1.49. The van der Waals surface area contributed by atoms with Crippen molar-refractivity contribution in [2.24, 2.45) is 0 Å². The van der Waals surface area contributed by atoms with Gasteiger partial charge in [0.05, 0.1) is 18.3 Å². The van der Waals surface area contributed by atoms with Crippen LogP contribution >= 0.6 is 0 Å². The number of hydrogen-bond donors (Lipinski definition) is 1. The van der Waals surface area contributed by atoms with Crippen LogP contribution in [0.1, 0.15) is 5.56 Å². The summed E-state index contributed by atoms with van der Waals surface area (Å²) in [6.45, 7) is 0.507. The van der Waals surface area contributed by atoms with Gasteiger partial charge in [0.2, 0.25) is 0 Å². The van der Waals surface area contributed by atoms with Gasteiger partial charge < -0.3 is 4.57 Å². The summed E-state index contributed by atoms with van der Waals surface area (Å²) in [6, 6.07) is 21.8. The van der Waals surface area contributed by atoms with Crippen molar-refractivity contribution in [1.29, 1.82) is 0 Å². The third kappa shape index (κ3) is 3.46. The highest BCUT2D eigenvalue weighted by atomic mass is 16.1. The quantitative estimate of drug-likeness (QED) is 0.501. The van der Waals surface area contributed by atoms with E-state index < -0.39 is 0 Å². The molecule has 0 saturated carbocycles. The van der Waals surface area contributed by atoms with E-state index in [1.807, 2.05) is 54.9 Å². The van der Waals surface area contributed by atoms with Gasteiger partial charge in [-0.05, 0) is 52.1 Å². The van der Waals surface area contributed by atoms with Gasteiger partial charge in [-0.25, -0.2) is 0 Å². The lowest BCUT2D eigenvalue weighted by atomic mass is 10.0. The number of aromatic amines is 1. The molecule has 140 valence electrons. The lowest BCUT2D eigenvalue weighted by Gasteiger charge is -2.10. The predicted octanol–water partition coefficient (Wildman–Crippen LogP) is 4.50. The molecule has 0 unspecified atom stereocenters. The zero-order chi connectivity index (χ0) is 19.6. The summed E-state index contributed by atoms with van der Waals surface area (Å²) < 4.78 is 1.74. The topological polar surface area (TPSA) is 63.6 Å². The van der Waals surface area contributed by atoms with E-state index in [0.29, 0.717) is 6.54 Å². The van der Waals surface area contributed by atoms with Crippen molar-refractivity contribution in [3.63, 3.8) is 0 Å². The van der Waals surface area contributed by atoms with E-state index in [2.05, 4.69) is 33.4 Å². The zero-order valence-corrected chi connectivity index (χ0v) is 15.6. The number of benzene rings is 2. The van der Waals surface area contributed by atoms with Crippen molar-refractivity contribution >= 4 is 10.9 Å². The van der Waals surface area contributed by atoms with Gasteiger partial charge in [0.25, 0.3) is 5.56 Å². The van der Waals surface area contributed by atoms with Crippen LogP contribution in [-0.4, -0.2) is 19.7 Å². The fraction of sp³-hybridized carbons (Fsp3) is 0.0417. The van der Waals surface area contributed by atoms with E-state index in [1.54, 1.807) is 23.0 Å². The molecule has 5 nitrogen and oxygen atoms in total. The molecular formula is C24H18N4O. The second-order valence-corrected chi connectivity index (χ2v) is 7.00. The monoisotopic (exact) mass is 378 g/mol. The van der Waals surface area contributed by atoms with Gasteiger partial charge in [0, 0.05) is 30.0 Å². The number of fused-ring (bicyclic) bond motifs is 1. The molecule has 0 aliphatic rings. The molecule has 3 heterocycles. The van der Waals surface area contributed by atoms with Gasteiger partial charge in [0.15, 0.2) is 0 Å². The van der Waals surface area contributed by atoms with Crippen LogP contribution in [0, 0.1) is 0 Å². The Labute approximate surface area is 167 Å². The molecule has 0 aliphatic carbocycles. The smallest absolute Gasteiger partial charge is 0.250 e. The first-order chi connectivity index (χ1) is 14.3. The van der Waals surface area contributed by atoms with E-state index in [9.17, 15) is 4.79 Å². The van der Waals surface area contributed by atoms with Crippen LogP contribution in [0.25, 0.3) is 33.2 Å². The minimum Gasteiger partial charge on any atom is -0.310 e. The largest absolute Gasteiger partial charge is 0.310 e. The fourth-order valence-corrected chi connectivity index (χ4v) is 3.52. The summed E-state index contributed by atoms with van der Waals surface area (Å²) >= 11 is 0. The number of H-pyrrole nitrogens is 1. The number of pyridine rings is 2. The van der Waals surface area contributed by atoms with Gasteiger partial charge in [-0.3, -0.25) is 14.9 Å². The van der Waals surface area contributed by atoms with Gasteiger partial charge in [0.1, 0.15) is 0 Å². The second-order valence-electron chi connectivity index (χ2n) is 7.00. The molecule has 0 saturated heterocycles. The van der Waals surface area contributed by atoms with Crippen LogP contribution < -0.4 is 5.56 Å². The molecule has 0 bridgehead atoms. The fourth-order valence-electron chi connectivity index (χ4n) is 3.52. The molecule has 0 radical (unpaired) electrons. The average Bonchev–Trinajstić information content (AvgIpc) is 3.24. The van der Waals surface area contributed by atoms with Crippen molar-refractivity contribution in [1.82, 2.24) is 19.7 Å². The summed E-state index contributed by atoms with van der Waals surface area (Å²) in [4.78, 5) is 16.7. The van der Waals surface area contributed by atoms with E-state index in [4.69, 9.17) is 0 Å². The highest BCUT2D eigenvalue weighted by Gasteiger charge is 2.06. The molecule has 0 fully saturated rings. The Morgan fingerprint density at radius 2 is 1.69 bits per heavy atom. The van der Waals surface area contributed by atoms with Crippen LogP contribution in [-0.2, 0) is 6.54 Å². The van der Waals surface area contributed by atoms with Crippen molar-refractivity contribution in [2.75, 3.05) is 0 Å². The Morgan fingerprint density at radius 1 is 0.828 bits per heavy atom. The van der Waals surface area contributed by atoms with Crippen molar-refractivity contribution in [2.45, 2.75) is 6.54 Å². The van der Waals surface area contributed by atoms with Crippen LogP contribution in [0.3, 0.4) is 0 Å². The molecule has 2 aromatic carbocycles. The molecule has 3 aromatic heterocycles. The summed E-state index contributed by atoms with van der Waals surface area (Å²) in [5, 5.41) is 8.13. The first kappa shape index (κ1) is 17.1. The molecule has 1 N–H and O–H groups in total. The highest BCUT2D eigenvalue weighted by molar-refractivity contribution is 5.83. The molecule has 29 heavy (non-hydrogen) atoms. The van der Waals surface area contributed by atoms with Crippen molar-refractivity contribution in [3.05, 3.63) is 107 Å². The van der Waals surface area contributed by atoms with Crippen LogP contribution in [0.2, 0.25) is 0 Å². The second kappa shape index (κ2) is 7.20. The lowest BCUT2D eigenvalue weighted by molar-refractivity contribution is 0.761. The molecule has 5 rings (SSSR count). The first-order valence-electron chi connectivity index (χ1n) is 9.40. The van der Waals surface area contributed by atoms with Crippen LogP contribution in [0.15, 0.2) is 96.3 Å². The van der Waals surface area contributed by atoms with Crippen molar-refractivity contribution < 1.29 is 0 Å². The SMILES string of the molecule is O=c1ccc(-c2ccc3cn[nH]c3c2)cn1Cc1cccc(-c2cccnc2)c1. The Morgan fingerprint density at radius 3 is 2.59 bits per heavy atom. The summed E-state index contributed by atoms with van der Waals surface area (Å²) in [5.74, 6) is 0. The zero-order valence-electron chi connectivity index (χ0n) is 15.6. The minimum absolute atomic E-state index is 0.0249. The van der Waals surface area contributed by atoms with E-state index in [0.717, 1.165) is 38.7 Å².